The van der Waals surface area contributed by atoms with Gasteiger partial charge in [-0.05, 0) is 31.1 Å². The summed E-state index contributed by atoms with van der Waals surface area (Å²) in [6.45, 7) is 2.15. The molecule has 0 aliphatic carbocycles. The predicted octanol–water partition coefficient (Wildman–Crippen LogP) is 3.52. The van der Waals surface area contributed by atoms with E-state index in [1.54, 1.807) is 24.3 Å². The third-order valence-electron chi connectivity index (χ3n) is 2.43. The highest BCUT2D eigenvalue weighted by molar-refractivity contribution is 5.95. The Bertz CT molecular complexity index is 386. The highest BCUT2D eigenvalue weighted by Gasteiger charge is 2.08. The van der Waals surface area contributed by atoms with Crippen LogP contribution in [0.15, 0.2) is 36.6 Å². The molecule has 0 atom stereocenters. The number of para-hydroxylation sites is 1. The molecule has 2 N–H and O–H groups in total. The van der Waals surface area contributed by atoms with Crippen LogP contribution in [0.1, 0.15) is 43.0 Å². The number of rotatable bonds is 6. The van der Waals surface area contributed by atoms with Crippen molar-refractivity contribution in [3.05, 3.63) is 42.2 Å². The van der Waals surface area contributed by atoms with Gasteiger partial charge in [0.2, 0.25) is 0 Å². The van der Waals surface area contributed by atoms with Gasteiger partial charge in [-0.2, -0.15) is 0 Å². The summed E-state index contributed by atoms with van der Waals surface area (Å²) in [5, 5.41) is 0. The second kappa shape index (κ2) is 7.49. The van der Waals surface area contributed by atoms with Crippen LogP contribution in [0.5, 0.6) is 0 Å². The third kappa shape index (κ3) is 4.72. The number of benzene rings is 1. The molecule has 1 rings (SSSR count). The van der Waals surface area contributed by atoms with Gasteiger partial charge in [0.15, 0.2) is 0 Å². The lowest BCUT2D eigenvalue weighted by atomic mass is 10.2. The molecule has 1 aromatic rings. The Balaban J connectivity index is 2.37. The fourth-order valence-corrected chi connectivity index (χ4v) is 1.44. The molecule has 0 heterocycles. The van der Waals surface area contributed by atoms with Crippen LogP contribution in [-0.4, -0.2) is 5.97 Å². The van der Waals surface area contributed by atoms with E-state index < -0.39 is 5.97 Å². The lowest BCUT2D eigenvalue weighted by molar-refractivity contribution is 0.0663. The number of unbranched alkanes of at least 4 members (excludes halogenated alkanes) is 3. The largest absolute Gasteiger partial charge is 0.431 e. The molecule has 0 aliphatic heterocycles. The molecule has 17 heavy (non-hydrogen) atoms. The average Bonchev–Trinajstić information content (AvgIpc) is 2.34. The van der Waals surface area contributed by atoms with Crippen molar-refractivity contribution in [3.63, 3.8) is 0 Å². The summed E-state index contributed by atoms with van der Waals surface area (Å²) in [5.74, 6) is -0.408. The monoisotopic (exact) mass is 233 g/mol. The summed E-state index contributed by atoms with van der Waals surface area (Å²) >= 11 is 0. The van der Waals surface area contributed by atoms with Crippen LogP contribution in [0.4, 0.5) is 5.69 Å². The zero-order valence-electron chi connectivity index (χ0n) is 10.2. The van der Waals surface area contributed by atoms with Crippen molar-refractivity contribution in [1.82, 2.24) is 0 Å². The van der Waals surface area contributed by atoms with Crippen molar-refractivity contribution in [2.45, 2.75) is 32.6 Å². The maximum Gasteiger partial charge on any atom is 0.345 e. The summed E-state index contributed by atoms with van der Waals surface area (Å²) < 4.78 is 4.99. The van der Waals surface area contributed by atoms with E-state index in [-0.39, 0.29) is 0 Å². The molecule has 0 radical (unpaired) electrons. The summed E-state index contributed by atoms with van der Waals surface area (Å²) in [4.78, 5) is 11.6. The van der Waals surface area contributed by atoms with Gasteiger partial charge in [-0.25, -0.2) is 4.79 Å². The van der Waals surface area contributed by atoms with Gasteiger partial charge in [0, 0.05) is 5.69 Å². The van der Waals surface area contributed by atoms with E-state index in [4.69, 9.17) is 10.5 Å². The van der Waals surface area contributed by atoms with Crippen LogP contribution < -0.4 is 5.73 Å². The molecule has 3 heteroatoms. The number of anilines is 1. The summed E-state index contributed by atoms with van der Waals surface area (Å²) in [7, 11) is 0. The van der Waals surface area contributed by atoms with Crippen LogP contribution >= 0.6 is 0 Å². The number of nitrogens with two attached hydrogens (primary N) is 1. The normalized spacial score (nSPS) is 10.6. The number of nitrogen functional groups attached to an aromatic ring is 1. The fraction of sp³-hybridized carbons (Fsp3) is 0.357. The fourth-order valence-electron chi connectivity index (χ4n) is 1.44. The highest BCUT2D eigenvalue weighted by Crippen LogP contribution is 2.12. The molecule has 0 saturated carbocycles. The number of esters is 1. The molecule has 0 saturated heterocycles. The molecule has 0 fully saturated rings. The molecule has 0 bridgehead atoms. The second-order valence-electron chi connectivity index (χ2n) is 3.86. The minimum Gasteiger partial charge on any atom is -0.431 e. The van der Waals surface area contributed by atoms with Gasteiger partial charge in [0.05, 0.1) is 11.8 Å². The van der Waals surface area contributed by atoms with Gasteiger partial charge in [-0.1, -0.05) is 31.9 Å². The van der Waals surface area contributed by atoms with Gasteiger partial charge in [0.1, 0.15) is 0 Å². The maximum atomic E-state index is 11.6. The lowest BCUT2D eigenvalue weighted by Crippen LogP contribution is -2.04. The second-order valence-corrected chi connectivity index (χ2v) is 3.86. The van der Waals surface area contributed by atoms with Crippen LogP contribution in [0.3, 0.4) is 0 Å². The van der Waals surface area contributed by atoms with Crippen molar-refractivity contribution in [2.75, 3.05) is 5.73 Å². The smallest absolute Gasteiger partial charge is 0.345 e. The van der Waals surface area contributed by atoms with Gasteiger partial charge in [-0.15, -0.1) is 0 Å². The Morgan fingerprint density at radius 2 is 2.12 bits per heavy atom. The molecular formula is C14H19NO2. The van der Waals surface area contributed by atoms with E-state index in [1.165, 1.54) is 19.1 Å². The van der Waals surface area contributed by atoms with Crippen LogP contribution in [0, 0.1) is 0 Å². The predicted molar refractivity (Wildman–Crippen MR) is 69.6 cm³/mol. The van der Waals surface area contributed by atoms with E-state index in [0.717, 1.165) is 12.8 Å². The number of carbonyl (C=O) groups excluding carboxylic acids is 1. The first-order chi connectivity index (χ1) is 8.25. The zero-order chi connectivity index (χ0) is 12.5. The van der Waals surface area contributed by atoms with Gasteiger partial charge in [-0.3, -0.25) is 0 Å². The van der Waals surface area contributed by atoms with E-state index in [0.29, 0.717) is 11.3 Å². The lowest BCUT2D eigenvalue weighted by Gasteiger charge is -2.02. The molecule has 1 aromatic carbocycles. The summed E-state index contributed by atoms with van der Waals surface area (Å²) in [6.07, 6.45) is 7.76. The van der Waals surface area contributed by atoms with Crippen molar-refractivity contribution in [2.24, 2.45) is 0 Å². The first-order valence-corrected chi connectivity index (χ1v) is 5.96. The Morgan fingerprint density at radius 3 is 2.82 bits per heavy atom. The van der Waals surface area contributed by atoms with Gasteiger partial charge in [0.25, 0.3) is 0 Å². The molecule has 0 aliphatic rings. The average molecular weight is 233 g/mol. The zero-order valence-corrected chi connectivity index (χ0v) is 10.2. The van der Waals surface area contributed by atoms with Crippen LogP contribution in [-0.2, 0) is 4.74 Å². The van der Waals surface area contributed by atoms with E-state index in [2.05, 4.69) is 6.92 Å². The molecular weight excluding hydrogens is 214 g/mol. The van der Waals surface area contributed by atoms with Crippen molar-refractivity contribution in [1.29, 1.82) is 0 Å². The first kappa shape index (κ1) is 13.3. The van der Waals surface area contributed by atoms with E-state index in [1.807, 2.05) is 6.08 Å². The molecule has 0 spiro atoms. The van der Waals surface area contributed by atoms with Crippen molar-refractivity contribution in [3.8, 4) is 0 Å². The number of ether oxygens (including phenoxy) is 1. The topological polar surface area (TPSA) is 52.3 Å². The van der Waals surface area contributed by atoms with Crippen LogP contribution in [0.25, 0.3) is 0 Å². The Morgan fingerprint density at radius 1 is 1.35 bits per heavy atom. The molecule has 0 unspecified atom stereocenters. The maximum absolute atomic E-state index is 11.6. The van der Waals surface area contributed by atoms with E-state index >= 15 is 0 Å². The van der Waals surface area contributed by atoms with Crippen molar-refractivity contribution >= 4 is 11.7 Å². The number of allylic oxidation sites excluding steroid dienone is 1. The minimum absolute atomic E-state index is 0.408. The molecule has 0 amide bonds. The Kier molecular flexibility index (Phi) is 5.86. The van der Waals surface area contributed by atoms with Gasteiger partial charge < -0.3 is 10.5 Å². The first-order valence-electron chi connectivity index (χ1n) is 5.96. The Hall–Kier alpha value is -1.77. The third-order valence-corrected chi connectivity index (χ3v) is 2.43. The standard InChI is InChI=1S/C14H19NO2/c1-2-3-4-5-8-11-17-14(16)12-9-6-7-10-13(12)15/h6-11H,2-5,15H2,1H3. The SMILES string of the molecule is CCCCCC=COC(=O)c1ccccc1N. The summed E-state index contributed by atoms with van der Waals surface area (Å²) in [5.41, 5.74) is 6.52. The molecule has 0 aromatic heterocycles. The highest BCUT2D eigenvalue weighted by atomic mass is 16.5. The quantitative estimate of drug-likeness (QED) is 0.354. The molecule has 3 nitrogen and oxygen atoms in total. The Labute approximate surface area is 102 Å². The minimum atomic E-state index is -0.408. The van der Waals surface area contributed by atoms with Gasteiger partial charge >= 0.3 is 5.97 Å². The summed E-state index contributed by atoms with van der Waals surface area (Å²) in [6, 6.07) is 6.88. The number of carbonyl (C=O) groups is 1. The number of hydrogen-bond donors (Lipinski definition) is 1. The van der Waals surface area contributed by atoms with E-state index in [9.17, 15) is 4.79 Å². The van der Waals surface area contributed by atoms with Crippen LogP contribution in [0.2, 0.25) is 0 Å². The number of hydrogen-bond acceptors (Lipinski definition) is 3. The van der Waals surface area contributed by atoms with Crippen molar-refractivity contribution < 1.29 is 9.53 Å². The molecule has 92 valence electrons.